The number of hydrogen-bond donors (Lipinski definition) is 1. The van der Waals surface area contributed by atoms with Crippen LogP contribution in [-0.2, 0) is 11.2 Å². The first-order chi connectivity index (χ1) is 11.5. The largest absolute Gasteiger partial charge is 0.493 e. The third-order valence-electron chi connectivity index (χ3n) is 4.78. The lowest BCUT2D eigenvalue weighted by Gasteiger charge is -2.34. The molecule has 1 N–H and O–H groups in total. The first-order valence-corrected chi connectivity index (χ1v) is 8.75. The van der Waals surface area contributed by atoms with E-state index in [0.717, 1.165) is 38.0 Å². The Kier molecular flexibility index (Phi) is 6.91. The molecule has 0 radical (unpaired) electrons. The third kappa shape index (κ3) is 5.13. The van der Waals surface area contributed by atoms with E-state index in [9.17, 15) is 4.79 Å². The van der Waals surface area contributed by atoms with Crippen LogP contribution < -0.4 is 14.8 Å². The third-order valence-corrected chi connectivity index (χ3v) is 4.78. The van der Waals surface area contributed by atoms with Crippen LogP contribution in [0.1, 0.15) is 32.3 Å². The number of carbonyl (C=O) groups excluding carboxylic acids is 1. The average Bonchev–Trinajstić information content (AvgIpc) is 2.60. The Bertz CT molecular complexity index is 537. The molecule has 1 aliphatic heterocycles. The molecular formula is C19H30N2O3. The predicted molar refractivity (Wildman–Crippen MR) is 95.7 cm³/mol. The molecule has 1 aromatic carbocycles. The van der Waals surface area contributed by atoms with Crippen molar-refractivity contribution in [3.8, 4) is 11.5 Å². The summed E-state index contributed by atoms with van der Waals surface area (Å²) in [5, 5.41) is 3.08. The van der Waals surface area contributed by atoms with Crippen LogP contribution in [0.4, 0.5) is 0 Å². The molecule has 1 aromatic rings. The molecule has 134 valence electrons. The zero-order valence-corrected chi connectivity index (χ0v) is 15.3. The number of carbonyl (C=O) groups is 1. The van der Waals surface area contributed by atoms with E-state index in [2.05, 4.69) is 24.1 Å². The Hall–Kier alpha value is -1.75. The topological polar surface area (TPSA) is 50.8 Å². The van der Waals surface area contributed by atoms with E-state index < -0.39 is 0 Å². The predicted octanol–water partition coefficient (Wildman–Crippen LogP) is 2.48. The molecular weight excluding hydrogens is 304 g/mol. The highest BCUT2D eigenvalue weighted by molar-refractivity contribution is 5.78. The number of methoxy groups -OCH3 is 2. The monoisotopic (exact) mass is 334 g/mol. The molecule has 1 aliphatic rings. The van der Waals surface area contributed by atoms with Gasteiger partial charge >= 0.3 is 0 Å². The number of likely N-dealkylation sites (tertiary alicyclic amines) is 1. The van der Waals surface area contributed by atoms with Gasteiger partial charge in [-0.3, -0.25) is 4.79 Å². The van der Waals surface area contributed by atoms with Gasteiger partial charge in [0.15, 0.2) is 11.5 Å². The molecule has 24 heavy (non-hydrogen) atoms. The maximum Gasteiger partial charge on any atom is 0.224 e. The van der Waals surface area contributed by atoms with Crippen molar-refractivity contribution in [3.63, 3.8) is 0 Å². The van der Waals surface area contributed by atoms with Crippen LogP contribution in [0.15, 0.2) is 18.2 Å². The SMILES string of the molecule is COc1ccc(CC(=O)NCC2CCN(C(C)C)CC2)cc1OC. The van der Waals surface area contributed by atoms with Gasteiger partial charge < -0.3 is 19.7 Å². The summed E-state index contributed by atoms with van der Waals surface area (Å²) in [5.74, 6) is 1.99. The fourth-order valence-electron chi connectivity index (χ4n) is 3.17. The Labute approximate surface area is 145 Å². The molecule has 2 rings (SSSR count). The van der Waals surface area contributed by atoms with E-state index >= 15 is 0 Å². The van der Waals surface area contributed by atoms with E-state index in [1.807, 2.05) is 18.2 Å². The summed E-state index contributed by atoms with van der Waals surface area (Å²) in [4.78, 5) is 14.7. The number of ether oxygens (including phenoxy) is 2. The second-order valence-corrected chi connectivity index (χ2v) is 6.74. The van der Waals surface area contributed by atoms with Crippen LogP contribution in [0, 0.1) is 5.92 Å². The van der Waals surface area contributed by atoms with Crippen molar-refractivity contribution in [3.05, 3.63) is 23.8 Å². The van der Waals surface area contributed by atoms with Gasteiger partial charge in [0, 0.05) is 12.6 Å². The van der Waals surface area contributed by atoms with Crippen molar-refractivity contribution in [2.45, 2.75) is 39.2 Å². The minimum atomic E-state index is 0.0634. The standard InChI is InChI=1S/C19H30N2O3/c1-14(2)21-9-7-15(8-10-21)13-20-19(22)12-16-5-6-17(23-3)18(11-16)24-4/h5-6,11,14-15H,7-10,12-13H2,1-4H3,(H,20,22). The lowest BCUT2D eigenvalue weighted by molar-refractivity contribution is -0.120. The van der Waals surface area contributed by atoms with Crippen molar-refractivity contribution >= 4 is 5.91 Å². The fourth-order valence-corrected chi connectivity index (χ4v) is 3.17. The normalized spacial score (nSPS) is 16.2. The number of rotatable bonds is 7. The average molecular weight is 334 g/mol. The maximum absolute atomic E-state index is 12.2. The van der Waals surface area contributed by atoms with Crippen LogP contribution in [0.3, 0.4) is 0 Å². The smallest absolute Gasteiger partial charge is 0.224 e. The Morgan fingerprint density at radius 1 is 1.21 bits per heavy atom. The van der Waals surface area contributed by atoms with Crippen LogP contribution in [0.2, 0.25) is 0 Å². The molecule has 1 fully saturated rings. The summed E-state index contributed by atoms with van der Waals surface area (Å²) in [7, 11) is 3.21. The van der Waals surface area contributed by atoms with E-state index in [1.54, 1.807) is 14.2 Å². The molecule has 0 spiro atoms. The Morgan fingerprint density at radius 3 is 2.46 bits per heavy atom. The summed E-state index contributed by atoms with van der Waals surface area (Å²) in [6.07, 6.45) is 2.69. The lowest BCUT2D eigenvalue weighted by atomic mass is 9.96. The van der Waals surface area contributed by atoms with Crippen LogP contribution in [0.25, 0.3) is 0 Å². The summed E-state index contributed by atoms with van der Waals surface area (Å²) in [6, 6.07) is 6.22. The summed E-state index contributed by atoms with van der Waals surface area (Å²) < 4.78 is 10.5. The number of benzene rings is 1. The number of piperidine rings is 1. The molecule has 0 atom stereocenters. The number of amides is 1. The highest BCUT2D eigenvalue weighted by atomic mass is 16.5. The quantitative estimate of drug-likeness (QED) is 0.832. The number of hydrogen-bond acceptors (Lipinski definition) is 4. The maximum atomic E-state index is 12.2. The molecule has 1 heterocycles. The molecule has 0 aliphatic carbocycles. The molecule has 0 unspecified atom stereocenters. The first-order valence-electron chi connectivity index (χ1n) is 8.75. The second kappa shape index (κ2) is 8.92. The summed E-state index contributed by atoms with van der Waals surface area (Å²) >= 11 is 0. The van der Waals surface area contributed by atoms with Crippen molar-refractivity contribution in [2.24, 2.45) is 5.92 Å². The fraction of sp³-hybridized carbons (Fsp3) is 0.632. The van der Waals surface area contributed by atoms with Gasteiger partial charge in [0.05, 0.1) is 20.6 Å². The van der Waals surface area contributed by atoms with Gasteiger partial charge in [-0.05, 0) is 63.4 Å². The van der Waals surface area contributed by atoms with Gasteiger partial charge in [-0.2, -0.15) is 0 Å². The second-order valence-electron chi connectivity index (χ2n) is 6.74. The van der Waals surface area contributed by atoms with Crippen LogP contribution >= 0.6 is 0 Å². The number of nitrogens with one attached hydrogen (secondary N) is 1. The van der Waals surface area contributed by atoms with Crippen LogP contribution in [-0.4, -0.2) is 50.7 Å². The highest BCUT2D eigenvalue weighted by Crippen LogP contribution is 2.27. The lowest BCUT2D eigenvalue weighted by Crippen LogP contribution is -2.41. The van der Waals surface area contributed by atoms with Crippen LogP contribution in [0.5, 0.6) is 11.5 Å². The van der Waals surface area contributed by atoms with Crippen molar-refractivity contribution in [1.29, 1.82) is 0 Å². The Balaban J connectivity index is 1.78. The van der Waals surface area contributed by atoms with Crippen molar-refractivity contribution in [2.75, 3.05) is 33.9 Å². The summed E-state index contributed by atoms with van der Waals surface area (Å²) in [5.41, 5.74) is 0.930. The molecule has 5 heteroatoms. The minimum Gasteiger partial charge on any atom is -0.493 e. The zero-order chi connectivity index (χ0) is 17.5. The van der Waals surface area contributed by atoms with Crippen molar-refractivity contribution < 1.29 is 14.3 Å². The van der Waals surface area contributed by atoms with Gasteiger partial charge in [0.25, 0.3) is 0 Å². The van der Waals surface area contributed by atoms with Gasteiger partial charge in [0.1, 0.15) is 0 Å². The number of nitrogens with zero attached hydrogens (tertiary/aromatic N) is 1. The van der Waals surface area contributed by atoms with E-state index in [4.69, 9.17) is 9.47 Å². The Morgan fingerprint density at radius 2 is 1.88 bits per heavy atom. The van der Waals surface area contributed by atoms with E-state index in [-0.39, 0.29) is 5.91 Å². The van der Waals surface area contributed by atoms with Gasteiger partial charge in [-0.15, -0.1) is 0 Å². The summed E-state index contributed by atoms with van der Waals surface area (Å²) in [6.45, 7) is 7.52. The highest BCUT2D eigenvalue weighted by Gasteiger charge is 2.21. The molecule has 0 saturated carbocycles. The van der Waals surface area contributed by atoms with Gasteiger partial charge in [-0.25, -0.2) is 0 Å². The van der Waals surface area contributed by atoms with E-state index in [0.29, 0.717) is 29.9 Å². The molecule has 0 aromatic heterocycles. The van der Waals surface area contributed by atoms with E-state index in [1.165, 1.54) is 0 Å². The molecule has 1 saturated heterocycles. The molecule has 5 nitrogen and oxygen atoms in total. The first kappa shape index (κ1) is 18.6. The minimum absolute atomic E-state index is 0.0634. The zero-order valence-electron chi connectivity index (χ0n) is 15.3. The molecule has 1 amide bonds. The van der Waals surface area contributed by atoms with Gasteiger partial charge in [0.2, 0.25) is 5.91 Å². The molecule has 0 bridgehead atoms. The van der Waals surface area contributed by atoms with Crippen molar-refractivity contribution in [1.82, 2.24) is 10.2 Å². The van der Waals surface area contributed by atoms with Gasteiger partial charge in [-0.1, -0.05) is 6.07 Å².